The van der Waals surface area contributed by atoms with Gasteiger partial charge < -0.3 is 14.7 Å². The van der Waals surface area contributed by atoms with E-state index in [1.54, 1.807) is 24.0 Å². The number of hydrogen-bond acceptors (Lipinski definition) is 5. The van der Waals surface area contributed by atoms with Crippen LogP contribution in [0.4, 0.5) is 4.39 Å². The number of halogens is 1. The second-order valence-corrected chi connectivity index (χ2v) is 8.67. The van der Waals surface area contributed by atoms with Gasteiger partial charge in [0.2, 0.25) is 23.5 Å². The van der Waals surface area contributed by atoms with Crippen molar-refractivity contribution in [3.05, 3.63) is 35.5 Å². The molecule has 1 unspecified atom stereocenters. The van der Waals surface area contributed by atoms with Gasteiger partial charge in [0, 0.05) is 43.5 Å². The number of aromatic nitrogens is 2. The Morgan fingerprint density at radius 1 is 1.26 bits per heavy atom. The molecule has 0 radical (unpaired) electrons. The van der Waals surface area contributed by atoms with Crippen LogP contribution in [0.25, 0.3) is 11.4 Å². The first-order chi connectivity index (χ1) is 14.7. The fourth-order valence-electron chi connectivity index (χ4n) is 3.53. The summed E-state index contributed by atoms with van der Waals surface area (Å²) in [6.07, 6.45) is 1.97. The van der Waals surface area contributed by atoms with E-state index in [1.807, 2.05) is 6.92 Å². The summed E-state index contributed by atoms with van der Waals surface area (Å²) in [5.41, 5.74) is 1.18. The lowest BCUT2D eigenvalue weighted by atomic mass is 9.94. The quantitative estimate of drug-likeness (QED) is 0.726. The Kier molecular flexibility index (Phi) is 7.41. The van der Waals surface area contributed by atoms with E-state index in [0.29, 0.717) is 61.1 Å². The smallest absolute Gasteiger partial charge is 0.227 e. The van der Waals surface area contributed by atoms with E-state index in [2.05, 4.69) is 29.3 Å². The molecule has 1 fully saturated rings. The maximum atomic E-state index is 13.4. The van der Waals surface area contributed by atoms with Gasteiger partial charge in [0.25, 0.3) is 0 Å². The molecule has 0 aliphatic carbocycles. The van der Waals surface area contributed by atoms with E-state index in [-0.39, 0.29) is 36.0 Å². The third-order valence-electron chi connectivity index (χ3n) is 6.03. The van der Waals surface area contributed by atoms with Crippen LogP contribution in [0, 0.1) is 24.6 Å². The highest BCUT2D eigenvalue weighted by Crippen LogP contribution is 2.21. The number of rotatable bonds is 7. The fourth-order valence-corrected chi connectivity index (χ4v) is 3.53. The minimum absolute atomic E-state index is 0.0202. The maximum absolute atomic E-state index is 13.4. The van der Waals surface area contributed by atoms with Crippen LogP contribution < -0.4 is 5.32 Å². The average Bonchev–Trinajstić information content (AvgIpc) is 3.23. The predicted molar refractivity (Wildman–Crippen MR) is 114 cm³/mol. The maximum Gasteiger partial charge on any atom is 0.227 e. The molecule has 31 heavy (non-hydrogen) atoms. The predicted octanol–water partition coefficient (Wildman–Crippen LogP) is 3.52. The van der Waals surface area contributed by atoms with Gasteiger partial charge in [-0.15, -0.1) is 0 Å². The minimum Gasteiger partial charge on any atom is -0.353 e. The number of hydrogen-bond donors (Lipinski definition) is 1. The van der Waals surface area contributed by atoms with Gasteiger partial charge in [-0.25, -0.2) is 4.39 Å². The van der Waals surface area contributed by atoms with E-state index in [4.69, 9.17) is 4.52 Å². The number of nitrogens with zero attached hydrogens (tertiary/aromatic N) is 3. The third-order valence-corrected chi connectivity index (χ3v) is 6.03. The SMILES string of the molecule is Cc1cc(-c2noc(CCC(=O)N3CCC(C(=O)NC(C)C(C)C)CC3)n2)ccc1F. The van der Waals surface area contributed by atoms with Gasteiger partial charge in [0.1, 0.15) is 5.82 Å². The van der Waals surface area contributed by atoms with Crippen LogP contribution in [-0.2, 0) is 16.0 Å². The Bertz CT molecular complexity index is 919. The molecule has 3 rings (SSSR count). The van der Waals surface area contributed by atoms with Gasteiger partial charge in [0.05, 0.1) is 0 Å². The Hall–Kier alpha value is -2.77. The van der Waals surface area contributed by atoms with E-state index in [1.165, 1.54) is 6.07 Å². The van der Waals surface area contributed by atoms with Gasteiger partial charge >= 0.3 is 0 Å². The molecule has 2 aromatic rings. The zero-order valence-electron chi connectivity index (χ0n) is 18.7. The van der Waals surface area contributed by atoms with Gasteiger partial charge in [-0.05, 0) is 56.4 Å². The first-order valence-electron chi connectivity index (χ1n) is 10.9. The van der Waals surface area contributed by atoms with Crippen molar-refractivity contribution in [2.24, 2.45) is 11.8 Å². The molecule has 1 aliphatic heterocycles. The highest BCUT2D eigenvalue weighted by Gasteiger charge is 2.28. The van der Waals surface area contributed by atoms with Gasteiger partial charge in [-0.1, -0.05) is 19.0 Å². The van der Waals surface area contributed by atoms with Gasteiger partial charge in [0.15, 0.2) is 0 Å². The normalized spacial score (nSPS) is 15.9. The number of carbonyl (C=O) groups is 2. The lowest BCUT2D eigenvalue weighted by Crippen LogP contribution is -2.45. The molecule has 8 heteroatoms. The number of aryl methyl sites for hydroxylation is 2. The molecule has 0 spiro atoms. The highest BCUT2D eigenvalue weighted by molar-refractivity contribution is 5.80. The van der Waals surface area contributed by atoms with Crippen LogP contribution in [0.5, 0.6) is 0 Å². The van der Waals surface area contributed by atoms with E-state index in [9.17, 15) is 14.0 Å². The second-order valence-electron chi connectivity index (χ2n) is 8.67. The fraction of sp³-hybridized carbons (Fsp3) is 0.565. The zero-order valence-corrected chi connectivity index (χ0v) is 18.7. The van der Waals surface area contributed by atoms with Gasteiger partial charge in [-0.3, -0.25) is 9.59 Å². The molecule has 1 N–H and O–H groups in total. The molecule has 7 nitrogen and oxygen atoms in total. The first kappa shape index (κ1) is 22.9. The largest absolute Gasteiger partial charge is 0.353 e. The van der Waals surface area contributed by atoms with Gasteiger partial charge in [-0.2, -0.15) is 4.98 Å². The van der Waals surface area contributed by atoms with Crippen molar-refractivity contribution in [2.75, 3.05) is 13.1 Å². The van der Waals surface area contributed by atoms with E-state index in [0.717, 1.165) is 0 Å². The molecular formula is C23H31FN4O3. The number of nitrogens with one attached hydrogen (secondary N) is 1. The molecule has 1 aromatic heterocycles. The van der Waals surface area contributed by atoms with Crippen molar-refractivity contribution in [2.45, 2.75) is 59.4 Å². The Balaban J connectivity index is 1.46. The average molecular weight is 431 g/mol. The molecule has 1 atom stereocenters. The van der Waals surface area contributed by atoms with Crippen molar-refractivity contribution < 1.29 is 18.5 Å². The zero-order chi connectivity index (χ0) is 22.5. The summed E-state index contributed by atoms with van der Waals surface area (Å²) in [4.78, 5) is 31.1. The summed E-state index contributed by atoms with van der Waals surface area (Å²) in [5.74, 6) is 0.935. The Morgan fingerprint density at radius 2 is 1.97 bits per heavy atom. The number of benzene rings is 1. The molecule has 0 saturated carbocycles. The number of amides is 2. The highest BCUT2D eigenvalue weighted by atomic mass is 19.1. The summed E-state index contributed by atoms with van der Waals surface area (Å²) < 4.78 is 18.7. The molecule has 2 amide bonds. The molecule has 1 saturated heterocycles. The van der Waals surface area contributed by atoms with Crippen LogP contribution in [0.3, 0.4) is 0 Å². The summed E-state index contributed by atoms with van der Waals surface area (Å²) in [5, 5.41) is 7.01. The molecule has 168 valence electrons. The van der Waals surface area contributed by atoms with Crippen molar-refractivity contribution >= 4 is 11.8 Å². The molecule has 0 bridgehead atoms. The summed E-state index contributed by atoms with van der Waals surface area (Å²) in [7, 11) is 0. The molecular weight excluding hydrogens is 399 g/mol. The number of carbonyl (C=O) groups excluding carboxylic acids is 2. The monoisotopic (exact) mass is 430 g/mol. The summed E-state index contributed by atoms with van der Waals surface area (Å²) in [6, 6.07) is 4.78. The standard InChI is InChI=1S/C23H31FN4O3/c1-14(2)16(4)25-23(30)17-9-11-28(12-10-17)21(29)8-7-20-26-22(27-31-20)18-5-6-19(24)15(3)13-18/h5-6,13-14,16-17H,7-12H2,1-4H3,(H,25,30). The van der Waals surface area contributed by atoms with E-state index < -0.39 is 0 Å². The minimum atomic E-state index is -0.284. The van der Waals surface area contributed by atoms with Crippen molar-refractivity contribution in [1.29, 1.82) is 0 Å². The summed E-state index contributed by atoms with van der Waals surface area (Å²) in [6.45, 7) is 9.02. The molecule has 1 aromatic carbocycles. The van der Waals surface area contributed by atoms with Crippen LogP contribution in [0.1, 0.15) is 51.5 Å². The van der Waals surface area contributed by atoms with Crippen molar-refractivity contribution in [3.8, 4) is 11.4 Å². The second kappa shape index (κ2) is 10.0. The Morgan fingerprint density at radius 3 is 2.61 bits per heavy atom. The third kappa shape index (κ3) is 5.89. The molecule has 2 heterocycles. The van der Waals surface area contributed by atoms with Crippen LogP contribution in [0.15, 0.2) is 22.7 Å². The summed E-state index contributed by atoms with van der Waals surface area (Å²) >= 11 is 0. The number of likely N-dealkylation sites (tertiary alicyclic amines) is 1. The topological polar surface area (TPSA) is 88.3 Å². The van der Waals surface area contributed by atoms with Crippen LogP contribution >= 0.6 is 0 Å². The number of piperidine rings is 1. The Labute approximate surface area is 182 Å². The van der Waals surface area contributed by atoms with Crippen molar-refractivity contribution in [1.82, 2.24) is 20.4 Å². The van der Waals surface area contributed by atoms with Crippen molar-refractivity contribution in [3.63, 3.8) is 0 Å². The first-order valence-corrected chi connectivity index (χ1v) is 10.9. The lowest BCUT2D eigenvalue weighted by Gasteiger charge is -2.32. The molecule has 1 aliphatic rings. The van der Waals surface area contributed by atoms with Crippen LogP contribution in [0.2, 0.25) is 0 Å². The van der Waals surface area contributed by atoms with Crippen LogP contribution in [-0.4, -0.2) is 46.0 Å². The van der Waals surface area contributed by atoms with E-state index >= 15 is 0 Å². The lowest BCUT2D eigenvalue weighted by molar-refractivity contribution is -0.135.